The van der Waals surface area contributed by atoms with Crippen molar-refractivity contribution in [3.05, 3.63) is 41.5 Å². The summed E-state index contributed by atoms with van der Waals surface area (Å²) in [5, 5.41) is 10.6. The molecule has 0 aromatic heterocycles. The Morgan fingerprint density at radius 1 is 1.22 bits per heavy atom. The van der Waals surface area contributed by atoms with Crippen LogP contribution in [-0.2, 0) is 16.0 Å². The molecule has 0 unspecified atom stereocenters. The Balaban J connectivity index is 2.71. The molecule has 1 N–H and O–H groups in total. The number of carbonyl (C=O) groups is 1. The fourth-order valence-corrected chi connectivity index (χ4v) is 2.39. The molecule has 0 radical (unpaired) electrons. The van der Waals surface area contributed by atoms with Crippen molar-refractivity contribution < 1.29 is 24.1 Å². The number of methoxy groups -OCH3 is 2. The Labute approximate surface area is 135 Å². The second kappa shape index (κ2) is 7.65. The number of benzene rings is 2. The summed E-state index contributed by atoms with van der Waals surface area (Å²) in [5.74, 6) is 0.127. The van der Waals surface area contributed by atoms with Crippen LogP contribution in [-0.4, -0.2) is 32.1 Å². The minimum absolute atomic E-state index is 0.103. The summed E-state index contributed by atoms with van der Waals surface area (Å²) in [6, 6.07) is 7.78. The minimum Gasteiger partial charge on any atom is -0.493 e. The molecule has 0 saturated carbocycles. The maximum Gasteiger partial charge on any atom is 0.328 e. The molecule has 0 amide bonds. The van der Waals surface area contributed by atoms with Crippen molar-refractivity contribution in [3.8, 4) is 11.5 Å². The van der Waals surface area contributed by atoms with Gasteiger partial charge < -0.3 is 19.3 Å². The fraction of sp³-hybridized carbons (Fsp3) is 0.278. The molecule has 2 aromatic carbocycles. The third-order valence-electron chi connectivity index (χ3n) is 3.50. The van der Waals surface area contributed by atoms with Crippen LogP contribution in [0.15, 0.2) is 30.3 Å². The lowest BCUT2D eigenvalue weighted by atomic mass is 9.99. The van der Waals surface area contributed by atoms with Crippen LogP contribution in [0.5, 0.6) is 11.5 Å². The van der Waals surface area contributed by atoms with E-state index in [9.17, 15) is 4.79 Å². The summed E-state index contributed by atoms with van der Waals surface area (Å²) >= 11 is 0. The molecule has 0 spiro atoms. The van der Waals surface area contributed by atoms with Crippen LogP contribution in [0, 0.1) is 0 Å². The fourth-order valence-electron chi connectivity index (χ4n) is 2.39. The number of hydrogen-bond acceptors (Lipinski definition) is 4. The molecule has 0 bridgehead atoms. The maximum absolute atomic E-state index is 10.8. The lowest BCUT2D eigenvalue weighted by molar-refractivity contribution is -0.131. The van der Waals surface area contributed by atoms with Gasteiger partial charge in [-0.2, -0.15) is 0 Å². The molecule has 5 nitrogen and oxygen atoms in total. The summed E-state index contributed by atoms with van der Waals surface area (Å²) in [4.78, 5) is 10.8. The normalized spacial score (nSPS) is 11.1. The standard InChI is InChI=1S/C18H20O5/c1-4-12-5-7-14-13(6-8-17(19)20)10-16(22-3)18(15(14)9-12)23-11-21-2/h5-10H,4,11H2,1-3H3,(H,19,20)/b8-6+. The van der Waals surface area contributed by atoms with E-state index in [1.807, 2.05) is 18.2 Å². The average Bonchev–Trinajstić information content (AvgIpc) is 2.57. The van der Waals surface area contributed by atoms with Crippen molar-refractivity contribution in [2.45, 2.75) is 13.3 Å². The summed E-state index contributed by atoms with van der Waals surface area (Å²) in [7, 11) is 3.10. The first-order valence-electron chi connectivity index (χ1n) is 7.27. The average molecular weight is 316 g/mol. The zero-order chi connectivity index (χ0) is 16.8. The van der Waals surface area contributed by atoms with Crippen LogP contribution in [0.2, 0.25) is 0 Å². The maximum atomic E-state index is 10.8. The highest BCUT2D eigenvalue weighted by atomic mass is 16.7. The lowest BCUT2D eigenvalue weighted by Crippen LogP contribution is -2.02. The molecule has 0 aliphatic heterocycles. The van der Waals surface area contributed by atoms with Gasteiger partial charge in [0.05, 0.1) is 7.11 Å². The number of hydrogen-bond donors (Lipinski definition) is 1. The number of fused-ring (bicyclic) bond motifs is 1. The van der Waals surface area contributed by atoms with Crippen molar-refractivity contribution in [2.75, 3.05) is 21.0 Å². The number of carboxylic acids is 1. The van der Waals surface area contributed by atoms with Gasteiger partial charge >= 0.3 is 5.97 Å². The molecule has 0 atom stereocenters. The van der Waals surface area contributed by atoms with Gasteiger partial charge in [0.15, 0.2) is 18.3 Å². The number of aryl methyl sites for hydroxylation is 1. The second-order valence-corrected chi connectivity index (χ2v) is 4.95. The first kappa shape index (κ1) is 16.8. The topological polar surface area (TPSA) is 65.0 Å². The van der Waals surface area contributed by atoms with Gasteiger partial charge in [0.25, 0.3) is 0 Å². The number of carboxylic acid groups (broad SMARTS) is 1. The Morgan fingerprint density at radius 3 is 2.61 bits per heavy atom. The Hall–Kier alpha value is -2.53. The van der Waals surface area contributed by atoms with E-state index in [1.54, 1.807) is 26.4 Å². The van der Waals surface area contributed by atoms with Crippen molar-refractivity contribution in [2.24, 2.45) is 0 Å². The van der Waals surface area contributed by atoms with Crippen molar-refractivity contribution in [1.29, 1.82) is 0 Å². The number of ether oxygens (including phenoxy) is 3. The van der Waals surface area contributed by atoms with Crippen LogP contribution in [0.1, 0.15) is 18.1 Å². The van der Waals surface area contributed by atoms with Crippen LogP contribution in [0.3, 0.4) is 0 Å². The van der Waals surface area contributed by atoms with Crippen LogP contribution in [0.4, 0.5) is 0 Å². The number of rotatable bonds is 7. The predicted octanol–water partition coefficient (Wildman–Crippen LogP) is 3.49. The predicted molar refractivity (Wildman–Crippen MR) is 89.1 cm³/mol. The molecule has 0 saturated heterocycles. The van der Waals surface area contributed by atoms with E-state index < -0.39 is 5.97 Å². The third kappa shape index (κ3) is 3.81. The molecule has 2 aromatic rings. The molecule has 0 aliphatic rings. The molecule has 5 heteroatoms. The first-order valence-corrected chi connectivity index (χ1v) is 7.27. The van der Waals surface area contributed by atoms with Gasteiger partial charge in [-0.25, -0.2) is 4.79 Å². The van der Waals surface area contributed by atoms with E-state index >= 15 is 0 Å². The SMILES string of the molecule is CCc1ccc2c(/C=C/C(=O)O)cc(OC)c(OCOC)c2c1. The summed E-state index contributed by atoms with van der Waals surface area (Å²) < 4.78 is 16.1. The highest BCUT2D eigenvalue weighted by molar-refractivity contribution is 5.99. The Kier molecular flexibility index (Phi) is 5.60. The summed E-state index contributed by atoms with van der Waals surface area (Å²) in [6.07, 6.45) is 3.55. The van der Waals surface area contributed by atoms with E-state index in [2.05, 4.69) is 6.92 Å². The molecule has 0 fully saturated rings. The second-order valence-electron chi connectivity index (χ2n) is 4.95. The highest BCUT2D eigenvalue weighted by Crippen LogP contribution is 2.39. The van der Waals surface area contributed by atoms with E-state index in [-0.39, 0.29) is 6.79 Å². The van der Waals surface area contributed by atoms with Crippen molar-refractivity contribution in [3.63, 3.8) is 0 Å². The van der Waals surface area contributed by atoms with Gasteiger partial charge in [0.2, 0.25) is 0 Å². The third-order valence-corrected chi connectivity index (χ3v) is 3.50. The molecule has 122 valence electrons. The summed E-state index contributed by atoms with van der Waals surface area (Å²) in [6.45, 7) is 2.17. The molecule has 0 aliphatic carbocycles. The molecule has 0 heterocycles. The van der Waals surface area contributed by atoms with Crippen LogP contribution >= 0.6 is 0 Å². The van der Waals surface area contributed by atoms with Crippen LogP contribution < -0.4 is 9.47 Å². The Bertz CT molecular complexity index is 734. The van der Waals surface area contributed by atoms with Gasteiger partial charge in [-0.3, -0.25) is 0 Å². The zero-order valence-electron chi connectivity index (χ0n) is 13.5. The molecule has 2 rings (SSSR count). The molecular formula is C18H20O5. The van der Waals surface area contributed by atoms with Crippen molar-refractivity contribution >= 4 is 22.8 Å². The van der Waals surface area contributed by atoms with E-state index in [4.69, 9.17) is 19.3 Å². The van der Waals surface area contributed by atoms with Crippen LogP contribution in [0.25, 0.3) is 16.8 Å². The van der Waals surface area contributed by atoms with E-state index in [0.29, 0.717) is 11.5 Å². The highest BCUT2D eigenvalue weighted by Gasteiger charge is 2.14. The van der Waals surface area contributed by atoms with E-state index in [0.717, 1.165) is 34.4 Å². The summed E-state index contributed by atoms with van der Waals surface area (Å²) in [5.41, 5.74) is 1.91. The number of aliphatic carboxylic acids is 1. The van der Waals surface area contributed by atoms with Gasteiger partial charge in [0.1, 0.15) is 0 Å². The Morgan fingerprint density at radius 2 is 2.00 bits per heavy atom. The monoisotopic (exact) mass is 316 g/mol. The zero-order valence-corrected chi connectivity index (χ0v) is 13.5. The van der Waals surface area contributed by atoms with Gasteiger partial charge in [0, 0.05) is 18.6 Å². The lowest BCUT2D eigenvalue weighted by Gasteiger charge is -2.15. The minimum atomic E-state index is -0.998. The quantitative estimate of drug-likeness (QED) is 0.625. The molecule has 23 heavy (non-hydrogen) atoms. The largest absolute Gasteiger partial charge is 0.493 e. The van der Waals surface area contributed by atoms with Gasteiger partial charge in [-0.05, 0) is 41.1 Å². The van der Waals surface area contributed by atoms with Gasteiger partial charge in [-0.1, -0.05) is 19.1 Å². The van der Waals surface area contributed by atoms with Gasteiger partial charge in [-0.15, -0.1) is 0 Å². The smallest absolute Gasteiger partial charge is 0.328 e. The first-order chi connectivity index (χ1) is 11.1. The van der Waals surface area contributed by atoms with Crippen molar-refractivity contribution in [1.82, 2.24) is 0 Å². The molecular weight excluding hydrogens is 296 g/mol. The van der Waals surface area contributed by atoms with E-state index in [1.165, 1.54) is 0 Å².